The molecule has 2 aromatic heterocycles. The van der Waals surface area contributed by atoms with Crippen LogP contribution in [0.15, 0.2) is 42.7 Å². The highest BCUT2D eigenvalue weighted by molar-refractivity contribution is 6.32. The maximum absolute atomic E-state index is 11.2. The molecule has 3 aromatic rings. The number of hydrogen-bond donors (Lipinski definition) is 1. The summed E-state index contributed by atoms with van der Waals surface area (Å²) in [5, 5.41) is 14.2. The number of aliphatic carboxylic acids is 1. The highest BCUT2D eigenvalue weighted by Gasteiger charge is 2.19. The lowest BCUT2D eigenvalue weighted by Crippen LogP contribution is -2.18. The van der Waals surface area contributed by atoms with Crippen molar-refractivity contribution in [1.82, 2.24) is 19.7 Å². The van der Waals surface area contributed by atoms with Gasteiger partial charge >= 0.3 is 5.97 Å². The number of aromatic nitrogens is 4. The number of methoxy groups -OCH3 is 1. The van der Waals surface area contributed by atoms with Gasteiger partial charge in [0.25, 0.3) is 0 Å². The highest BCUT2D eigenvalue weighted by Crippen LogP contribution is 2.30. The van der Waals surface area contributed by atoms with Gasteiger partial charge in [-0.25, -0.2) is 9.67 Å². The minimum Gasteiger partial charge on any atom is -0.495 e. The van der Waals surface area contributed by atoms with Crippen molar-refractivity contribution in [3.05, 3.63) is 47.7 Å². The summed E-state index contributed by atoms with van der Waals surface area (Å²) >= 11 is 6.20. The molecule has 1 unspecified atom stereocenters. The molecule has 0 amide bonds. The maximum atomic E-state index is 11.2. The van der Waals surface area contributed by atoms with E-state index in [1.54, 1.807) is 61.4 Å². The number of nitrogens with zero attached hydrogens (tertiary/aromatic N) is 4. The molecule has 0 saturated heterocycles. The number of ether oxygens (including phenoxy) is 1. The van der Waals surface area contributed by atoms with Gasteiger partial charge in [-0.1, -0.05) is 18.5 Å². The van der Waals surface area contributed by atoms with Crippen LogP contribution in [0.5, 0.6) is 5.75 Å². The van der Waals surface area contributed by atoms with Gasteiger partial charge in [-0.3, -0.25) is 9.78 Å². The molecule has 0 fully saturated rings. The van der Waals surface area contributed by atoms with Crippen molar-refractivity contribution in [2.24, 2.45) is 5.92 Å². The Kier molecular flexibility index (Phi) is 5.18. The van der Waals surface area contributed by atoms with Crippen molar-refractivity contribution >= 4 is 17.6 Å². The Morgan fingerprint density at radius 2 is 2.00 bits per heavy atom. The second kappa shape index (κ2) is 7.53. The zero-order chi connectivity index (χ0) is 18.7. The van der Waals surface area contributed by atoms with Gasteiger partial charge in [0.2, 0.25) is 0 Å². The molecule has 134 valence electrons. The Hall–Kier alpha value is -2.93. The van der Waals surface area contributed by atoms with Gasteiger partial charge in [0, 0.05) is 23.5 Å². The van der Waals surface area contributed by atoms with E-state index in [2.05, 4.69) is 15.1 Å². The van der Waals surface area contributed by atoms with Gasteiger partial charge in [0.15, 0.2) is 11.6 Å². The number of pyridine rings is 1. The van der Waals surface area contributed by atoms with E-state index in [0.29, 0.717) is 28.0 Å². The first kappa shape index (κ1) is 17.9. The molecule has 0 saturated carbocycles. The molecule has 1 N–H and O–H groups in total. The molecular weight excluding hydrogens is 356 g/mol. The topological polar surface area (TPSA) is 90.1 Å². The van der Waals surface area contributed by atoms with Crippen LogP contribution in [0.3, 0.4) is 0 Å². The molecule has 26 heavy (non-hydrogen) atoms. The van der Waals surface area contributed by atoms with Gasteiger partial charge in [-0.15, -0.1) is 0 Å². The Balaban J connectivity index is 2.06. The predicted octanol–water partition coefficient (Wildman–Crippen LogP) is 3.39. The van der Waals surface area contributed by atoms with E-state index in [9.17, 15) is 9.90 Å². The molecule has 0 spiro atoms. The van der Waals surface area contributed by atoms with E-state index in [-0.39, 0.29) is 6.54 Å². The first-order valence-electron chi connectivity index (χ1n) is 7.91. The molecule has 0 radical (unpaired) electrons. The van der Waals surface area contributed by atoms with Gasteiger partial charge in [-0.05, 0) is 30.3 Å². The number of carbonyl (C=O) groups is 1. The monoisotopic (exact) mass is 372 g/mol. The molecule has 0 aliphatic heterocycles. The van der Waals surface area contributed by atoms with Crippen molar-refractivity contribution in [3.8, 4) is 28.5 Å². The Bertz CT molecular complexity index is 927. The fourth-order valence-electron chi connectivity index (χ4n) is 2.45. The van der Waals surface area contributed by atoms with Crippen LogP contribution in [0, 0.1) is 5.92 Å². The van der Waals surface area contributed by atoms with E-state index in [4.69, 9.17) is 16.3 Å². The fourth-order valence-corrected chi connectivity index (χ4v) is 2.71. The van der Waals surface area contributed by atoms with Gasteiger partial charge in [0.05, 0.1) is 24.6 Å². The smallest absolute Gasteiger partial charge is 0.308 e. The summed E-state index contributed by atoms with van der Waals surface area (Å²) < 4.78 is 6.76. The van der Waals surface area contributed by atoms with Crippen LogP contribution in [0.4, 0.5) is 0 Å². The average Bonchev–Trinajstić information content (AvgIpc) is 3.06. The SMILES string of the molecule is COc1ccc(-c2nc(-c3ccncc3)n(CC(C)C(=O)O)n2)cc1Cl. The quantitative estimate of drug-likeness (QED) is 0.713. The Labute approximate surface area is 155 Å². The van der Waals surface area contributed by atoms with Gasteiger partial charge in [-0.2, -0.15) is 5.10 Å². The zero-order valence-electron chi connectivity index (χ0n) is 14.3. The van der Waals surface area contributed by atoms with E-state index < -0.39 is 11.9 Å². The standard InChI is InChI=1S/C18H17ClN4O3/c1-11(18(24)25)10-23-17(12-5-7-20-8-6-12)21-16(22-23)13-3-4-15(26-2)14(19)9-13/h3-9,11H,10H2,1-2H3,(H,24,25). The predicted molar refractivity (Wildman–Crippen MR) is 97.1 cm³/mol. The van der Waals surface area contributed by atoms with Crippen LogP contribution in [-0.4, -0.2) is 37.9 Å². The molecule has 1 aromatic carbocycles. The third kappa shape index (κ3) is 3.67. The van der Waals surface area contributed by atoms with Crippen LogP contribution in [0.2, 0.25) is 5.02 Å². The molecule has 7 nitrogen and oxygen atoms in total. The molecule has 8 heteroatoms. The molecule has 0 aliphatic rings. The first-order chi connectivity index (χ1) is 12.5. The van der Waals surface area contributed by atoms with E-state index in [0.717, 1.165) is 5.56 Å². The van der Waals surface area contributed by atoms with Crippen molar-refractivity contribution in [2.45, 2.75) is 13.5 Å². The fraction of sp³-hybridized carbons (Fsp3) is 0.222. The summed E-state index contributed by atoms with van der Waals surface area (Å²) in [6.07, 6.45) is 3.30. The highest BCUT2D eigenvalue weighted by atomic mass is 35.5. The number of benzene rings is 1. The summed E-state index contributed by atoms with van der Waals surface area (Å²) in [6.45, 7) is 1.83. The molecular formula is C18H17ClN4O3. The number of rotatable bonds is 6. The summed E-state index contributed by atoms with van der Waals surface area (Å²) in [7, 11) is 1.54. The normalized spacial score (nSPS) is 12.0. The van der Waals surface area contributed by atoms with Crippen LogP contribution in [0.25, 0.3) is 22.8 Å². The Morgan fingerprint density at radius 3 is 2.62 bits per heavy atom. The van der Waals surface area contributed by atoms with Crippen molar-refractivity contribution < 1.29 is 14.6 Å². The van der Waals surface area contributed by atoms with Gasteiger partial charge < -0.3 is 9.84 Å². The molecule has 0 bridgehead atoms. The van der Waals surface area contributed by atoms with Gasteiger partial charge in [0.1, 0.15) is 5.75 Å². The van der Waals surface area contributed by atoms with Crippen molar-refractivity contribution in [2.75, 3.05) is 7.11 Å². The molecule has 0 aliphatic carbocycles. The largest absolute Gasteiger partial charge is 0.495 e. The molecule has 2 heterocycles. The summed E-state index contributed by atoms with van der Waals surface area (Å²) in [6, 6.07) is 8.87. The van der Waals surface area contributed by atoms with E-state index in [1.165, 1.54) is 0 Å². The van der Waals surface area contributed by atoms with Crippen molar-refractivity contribution in [3.63, 3.8) is 0 Å². The number of halogens is 1. The number of carboxylic acid groups (broad SMARTS) is 1. The number of hydrogen-bond acceptors (Lipinski definition) is 5. The maximum Gasteiger partial charge on any atom is 0.308 e. The summed E-state index contributed by atoms with van der Waals surface area (Å²) in [4.78, 5) is 19.8. The first-order valence-corrected chi connectivity index (χ1v) is 8.29. The van der Waals surface area contributed by atoms with Crippen LogP contribution in [-0.2, 0) is 11.3 Å². The Morgan fingerprint density at radius 1 is 1.27 bits per heavy atom. The minimum atomic E-state index is -0.893. The lowest BCUT2D eigenvalue weighted by atomic mass is 10.2. The third-order valence-electron chi connectivity index (χ3n) is 3.89. The summed E-state index contributed by atoms with van der Waals surface area (Å²) in [5.41, 5.74) is 1.52. The molecule has 3 rings (SSSR count). The second-order valence-electron chi connectivity index (χ2n) is 5.77. The van der Waals surface area contributed by atoms with Crippen LogP contribution < -0.4 is 4.74 Å². The minimum absolute atomic E-state index is 0.198. The van der Waals surface area contributed by atoms with E-state index in [1.807, 2.05) is 0 Å². The average molecular weight is 373 g/mol. The molecule has 1 atom stereocenters. The van der Waals surface area contributed by atoms with Crippen molar-refractivity contribution in [1.29, 1.82) is 0 Å². The third-order valence-corrected chi connectivity index (χ3v) is 4.18. The summed E-state index contributed by atoms with van der Waals surface area (Å²) in [5.74, 6) is 0.0879. The lowest BCUT2D eigenvalue weighted by Gasteiger charge is -2.08. The lowest BCUT2D eigenvalue weighted by molar-refractivity contribution is -0.141. The van der Waals surface area contributed by atoms with Crippen LogP contribution >= 0.6 is 11.6 Å². The van der Waals surface area contributed by atoms with E-state index >= 15 is 0 Å². The number of carboxylic acids is 1. The second-order valence-corrected chi connectivity index (χ2v) is 6.17. The zero-order valence-corrected chi connectivity index (χ0v) is 15.0. The van der Waals surface area contributed by atoms with Crippen LogP contribution in [0.1, 0.15) is 6.92 Å².